The molecule has 0 aliphatic rings. The molecule has 6 heteroatoms. The second-order valence-corrected chi connectivity index (χ2v) is 8.41. The predicted molar refractivity (Wildman–Crippen MR) is 120 cm³/mol. The molecule has 1 unspecified atom stereocenters. The highest BCUT2D eigenvalue weighted by Gasteiger charge is 2.28. The number of methoxy groups -OCH3 is 1. The molecule has 2 aromatic heterocycles. The zero-order valence-electron chi connectivity index (χ0n) is 18.4. The number of ether oxygens (including phenoxy) is 2. The Morgan fingerprint density at radius 1 is 1.30 bits per heavy atom. The number of nitrogens with two attached hydrogens (primary N) is 1. The predicted octanol–water partition coefficient (Wildman–Crippen LogP) is 4.75. The largest absolute Gasteiger partial charge is 0.467 e. The molecule has 3 aromatic rings. The lowest BCUT2D eigenvalue weighted by atomic mass is 9.84. The number of hydrogen-bond acceptors (Lipinski definition) is 5. The standard InChI is InChI=1S/C24H31N3O3/c1-6-27-21-10-9-17(25)12-19(21)20(13-24(3,4)14-30-15-28)23(27)18-8-7-11-26-22(18)16(2)29-5/h7-12,15-16H,6,13-14,25H2,1-5H3. The molecule has 2 N–H and O–H groups in total. The van der Waals surface area contributed by atoms with Crippen molar-refractivity contribution in [2.24, 2.45) is 5.41 Å². The van der Waals surface area contributed by atoms with Gasteiger partial charge in [0.15, 0.2) is 0 Å². The number of carbonyl (C=O) groups is 1. The van der Waals surface area contributed by atoms with Crippen LogP contribution < -0.4 is 5.73 Å². The first-order valence-corrected chi connectivity index (χ1v) is 10.3. The molecule has 0 spiro atoms. The van der Waals surface area contributed by atoms with Crippen LogP contribution in [0, 0.1) is 5.41 Å². The van der Waals surface area contributed by atoms with Gasteiger partial charge >= 0.3 is 0 Å². The first-order chi connectivity index (χ1) is 14.3. The number of fused-ring (bicyclic) bond motifs is 1. The summed E-state index contributed by atoms with van der Waals surface area (Å²) in [5.74, 6) is 0. The van der Waals surface area contributed by atoms with Gasteiger partial charge in [-0.3, -0.25) is 9.78 Å². The SMILES string of the molecule is CCn1c(-c2cccnc2C(C)OC)c(CC(C)(C)COC=O)c2cc(N)ccc21. The Labute approximate surface area is 178 Å². The quantitative estimate of drug-likeness (QED) is 0.407. The summed E-state index contributed by atoms with van der Waals surface area (Å²) in [5, 5.41) is 1.12. The van der Waals surface area contributed by atoms with Crippen LogP contribution in [0.5, 0.6) is 0 Å². The van der Waals surface area contributed by atoms with E-state index in [1.807, 2.05) is 25.1 Å². The molecule has 0 bridgehead atoms. The van der Waals surface area contributed by atoms with Crippen molar-refractivity contribution in [1.82, 2.24) is 9.55 Å². The van der Waals surface area contributed by atoms with Gasteiger partial charge in [0.2, 0.25) is 0 Å². The summed E-state index contributed by atoms with van der Waals surface area (Å²) in [5.41, 5.74) is 12.0. The van der Waals surface area contributed by atoms with Crippen LogP contribution in [-0.4, -0.2) is 29.7 Å². The van der Waals surface area contributed by atoms with E-state index in [1.165, 1.54) is 5.56 Å². The van der Waals surface area contributed by atoms with Crippen LogP contribution in [0.1, 0.15) is 45.1 Å². The minimum Gasteiger partial charge on any atom is -0.467 e. The second kappa shape index (κ2) is 8.88. The number of aryl methyl sites for hydroxylation is 1. The van der Waals surface area contributed by atoms with Crippen molar-refractivity contribution in [3.05, 3.63) is 47.8 Å². The molecule has 0 radical (unpaired) electrons. The van der Waals surface area contributed by atoms with E-state index in [4.69, 9.17) is 15.2 Å². The molecule has 0 fully saturated rings. The molecule has 0 aliphatic carbocycles. The topological polar surface area (TPSA) is 79.4 Å². The monoisotopic (exact) mass is 409 g/mol. The number of nitrogens with zero attached hydrogens (tertiary/aromatic N) is 2. The molecule has 3 rings (SSSR count). The molecular weight excluding hydrogens is 378 g/mol. The molecule has 30 heavy (non-hydrogen) atoms. The summed E-state index contributed by atoms with van der Waals surface area (Å²) in [6.45, 7) is 9.99. The van der Waals surface area contributed by atoms with Gasteiger partial charge in [0.1, 0.15) is 0 Å². The van der Waals surface area contributed by atoms with E-state index in [0.29, 0.717) is 13.1 Å². The van der Waals surface area contributed by atoms with Crippen LogP contribution in [0.3, 0.4) is 0 Å². The molecule has 0 amide bonds. The second-order valence-electron chi connectivity index (χ2n) is 8.41. The minimum atomic E-state index is -0.248. The molecule has 0 aliphatic heterocycles. The van der Waals surface area contributed by atoms with E-state index < -0.39 is 0 Å². The van der Waals surface area contributed by atoms with E-state index in [1.54, 1.807) is 13.3 Å². The Balaban J connectivity index is 2.32. The van der Waals surface area contributed by atoms with Crippen molar-refractivity contribution in [2.75, 3.05) is 19.5 Å². The molecule has 0 saturated heterocycles. The minimum absolute atomic E-state index is 0.145. The number of rotatable bonds is 9. The van der Waals surface area contributed by atoms with Gasteiger partial charge in [-0.05, 0) is 56.2 Å². The number of hydrogen-bond donors (Lipinski definition) is 1. The third-order valence-corrected chi connectivity index (χ3v) is 5.54. The van der Waals surface area contributed by atoms with Crippen LogP contribution in [0.25, 0.3) is 22.2 Å². The molecule has 160 valence electrons. The molecule has 6 nitrogen and oxygen atoms in total. The number of aromatic nitrogens is 2. The highest BCUT2D eigenvalue weighted by Crippen LogP contribution is 2.40. The average Bonchev–Trinajstić information content (AvgIpc) is 3.03. The Kier molecular flexibility index (Phi) is 6.46. The van der Waals surface area contributed by atoms with E-state index in [-0.39, 0.29) is 11.5 Å². The first-order valence-electron chi connectivity index (χ1n) is 10.3. The van der Waals surface area contributed by atoms with Gasteiger partial charge in [-0.2, -0.15) is 0 Å². The number of nitrogen functional groups attached to an aromatic ring is 1. The molecule has 2 heterocycles. The number of benzene rings is 1. The fourth-order valence-corrected chi connectivity index (χ4v) is 4.10. The molecule has 0 saturated carbocycles. The number of anilines is 1. The van der Waals surface area contributed by atoms with Crippen molar-refractivity contribution in [3.8, 4) is 11.3 Å². The molecule has 1 aromatic carbocycles. The summed E-state index contributed by atoms with van der Waals surface area (Å²) >= 11 is 0. The summed E-state index contributed by atoms with van der Waals surface area (Å²) in [6.07, 6.45) is 2.37. The lowest BCUT2D eigenvalue weighted by Crippen LogP contribution is -2.22. The van der Waals surface area contributed by atoms with Crippen molar-refractivity contribution in [2.45, 2.75) is 46.8 Å². The van der Waals surface area contributed by atoms with Gasteiger partial charge in [-0.1, -0.05) is 13.8 Å². The van der Waals surface area contributed by atoms with E-state index in [2.05, 4.69) is 42.5 Å². The first kappa shape index (κ1) is 21.8. The van der Waals surface area contributed by atoms with Crippen LogP contribution in [0.4, 0.5) is 5.69 Å². The summed E-state index contributed by atoms with van der Waals surface area (Å²) in [4.78, 5) is 15.4. The molecular formula is C24H31N3O3. The van der Waals surface area contributed by atoms with E-state index in [9.17, 15) is 4.79 Å². The number of carbonyl (C=O) groups excluding carboxylic acids is 1. The fraction of sp³-hybridized carbons (Fsp3) is 0.417. The Morgan fingerprint density at radius 2 is 2.07 bits per heavy atom. The maximum atomic E-state index is 10.8. The van der Waals surface area contributed by atoms with E-state index in [0.717, 1.165) is 46.5 Å². The summed E-state index contributed by atoms with van der Waals surface area (Å²) < 4.78 is 13.0. The fourth-order valence-electron chi connectivity index (χ4n) is 4.10. The van der Waals surface area contributed by atoms with E-state index >= 15 is 0 Å². The van der Waals surface area contributed by atoms with Crippen molar-refractivity contribution in [3.63, 3.8) is 0 Å². The lowest BCUT2D eigenvalue weighted by Gasteiger charge is -2.25. The molecule has 1 atom stereocenters. The van der Waals surface area contributed by atoms with Crippen LogP contribution in [-0.2, 0) is 27.2 Å². The third kappa shape index (κ3) is 4.19. The van der Waals surface area contributed by atoms with Gasteiger partial charge < -0.3 is 19.8 Å². The lowest BCUT2D eigenvalue weighted by molar-refractivity contribution is -0.131. The Morgan fingerprint density at radius 3 is 2.73 bits per heavy atom. The third-order valence-electron chi connectivity index (χ3n) is 5.54. The van der Waals surface area contributed by atoms with Crippen molar-refractivity contribution >= 4 is 23.1 Å². The maximum absolute atomic E-state index is 10.8. The highest BCUT2D eigenvalue weighted by molar-refractivity contribution is 5.94. The van der Waals surface area contributed by atoms with Crippen LogP contribution in [0.15, 0.2) is 36.5 Å². The maximum Gasteiger partial charge on any atom is 0.293 e. The summed E-state index contributed by atoms with van der Waals surface area (Å²) in [6, 6.07) is 10.1. The van der Waals surface area contributed by atoms with Crippen LogP contribution >= 0.6 is 0 Å². The van der Waals surface area contributed by atoms with Gasteiger partial charge in [0.05, 0.1) is 24.1 Å². The van der Waals surface area contributed by atoms with Crippen molar-refractivity contribution < 1.29 is 14.3 Å². The average molecular weight is 410 g/mol. The van der Waals surface area contributed by atoms with Crippen molar-refractivity contribution in [1.29, 1.82) is 0 Å². The highest BCUT2D eigenvalue weighted by atomic mass is 16.5. The summed E-state index contributed by atoms with van der Waals surface area (Å²) in [7, 11) is 1.69. The van der Waals surface area contributed by atoms with Gasteiger partial charge in [0, 0.05) is 47.4 Å². The zero-order valence-corrected chi connectivity index (χ0v) is 18.4. The normalized spacial score (nSPS) is 12.8. The Bertz CT molecular complexity index is 1040. The van der Waals surface area contributed by atoms with Gasteiger partial charge in [-0.25, -0.2) is 0 Å². The number of pyridine rings is 1. The van der Waals surface area contributed by atoms with Gasteiger partial charge in [0.25, 0.3) is 6.47 Å². The Hall–Kier alpha value is -2.86. The smallest absolute Gasteiger partial charge is 0.293 e. The van der Waals surface area contributed by atoms with Crippen LogP contribution in [0.2, 0.25) is 0 Å². The zero-order chi connectivity index (χ0) is 21.9. The van der Waals surface area contributed by atoms with Gasteiger partial charge in [-0.15, -0.1) is 0 Å².